The van der Waals surface area contributed by atoms with E-state index in [4.69, 9.17) is 18.7 Å². The molecule has 1 unspecified atom stereocenters. The van der Waals surface area contributed by atoms with E-state index in [1.165, 1.54) is 0 Å². The Morgan fingerprint density at radius 3 is 2.22 bits per heavy atom. The van der Waals surface area contributed by atoms with Gasteiger partial charge in [0.05, 0.1) is 41.8 Å². The van der Waals surface area contributed by atoms with Crippen molar-refractivity contribution in [3.05, 3.63) is 26.6 Å². The molecule has 0 bridgehead atoms. The van der Waals surface area contributed by atoms with Crippen molar-refractivity contribution in [2.24, 2.45) is 0 Å². The van der Waals surface area contributed by atoms with Gasteiger partial charge in [-0.05, 0) is 72.5 Å². The van der Waals surface area contributed by atoms with Crippen molar-refractivity contribution in [3.8, 4) is 5.75 Å². The molecular weight excluding hydrogens is 566 g/mol. The van der Waals surface area contributed by atoms with Crippen molar-refractivity contribution in [1.29, 1.82) is 0 Å². The maximum atomic E-state index is 10.8. The van der Waals surface area contributed by atoms with Crippen molar-refractivity contribution < 1.29 is 23.5 Å². The number of hydrogen-bond acceptors (Lipinski definition) is 5. The van der Waals surface area contributed by atoms with Crippen LogP contribution >= 0.6 is 60.4 Å². The fourth-order valence-electron chi connectivity index (χ4n) is 1.58. The SMILES string of the molecule is O=Cc1cc(Br)c(OCCOCCOCCCOPI)c(Br)c1. The summed E-state index contributed by atoms with van der Waals surface area (Å²) >= 11 is 8.96. The van der Waals surface area contributed by atoms with Gasteiger partial charge in [0.1, 0.15) is 18.6 Å². The molecule has 1 rings (SSSR count). The summed E-state index contributed by atoms with van der Waals surface area (Å²) < 4.78 is 23.2. The molecule has 1 aromatic rings. The Hall–Kier alpha value is 0.690. The number of carbonyl (C=O) groups is 1. The average Bonchev–Trinajstić information content (AvgIpc) is 2.54. The summed E-state index contributed by atoms with van der Waals surface area (Å²) in [7, 11) is 0. The second-order valence-corrected chi connectivity index (χ2v) is 7.76. The first-order valence-corrected chi connectivity index (χ1v) is 12.5. The highest BCUT2D eigenvalue weighted by molar-refractivity contribution is 14.2. The van der Waals surface area contributed by atoms with Gasteiger partial charge in [0, 0.05) is 12.2 Å². The molecule has 130 valence electrons. The first-order valence-electron chi connectivity index (χ1n) is 6.89. The van der Waals surface area contributed by atoms with E-state index < -0.39 is 0 Å². The van der Waals surface area contributed by atoms with Gasteiger partial charge in [0.25, 0.3) is 0 Å². The van der Waals surface area contributed by atoms with E-state index in [2.05, 4.69) is 53.9 Å². The predicted octanol–water partition coefficient (Wildman–Crippen LogP) is 4.79. The Morgan fingerprint density at radius 1 is 1.00 bits per heavy atom. The first kappa shape index (κ1) is 21.7. The van der Waals surface area contributed by atoms with Crippen molar-refractivity contribution >= 4 is 66.6 Å². The van der Waals surface area contributed by atoms with Gasteiger partial charge in [-0.25, -0.2) is 0 Å². The van der Waals surface area contributed by atoms with Crippen molar-refractivity contribution in [2.45, 2.75) is 6.42 Å². The fourth-order valence-corrected chi connectivity index (χ4v) is 3.91. The fraction of sp³-hybridized carbons (Fsp3) is 0.500. The molecule has 0 aromatic heterocycles. The van der Waals surface area contributed by atoms with E-state index in [9.17, 15) is 4.79 Å². The van der Waals surface area contributed by atoms with Gasteiger partial charge in [-0.3, -0.25) is 4.79 Å². The third-order valence-electron chi connectivity index (χ3n) is 2.59. The highest BCUT2D eigenvalue weighted by Gasteiger charge is 2.08. The molecule has 0 aliphatic carbocycles. The Bertz CT molecular complexity index is 455. The topological polar surface area (TPSA) is 54.0 Å². The predicted molar refractivity (Wildman–Crippen MR) is 107 cm³/mol. The van der Waals surface area contributed by atoms with Gasteiger partial charge >= 0.3 is 0 Å². The normalized spacial score (nSPS) is 11.3. The number of rotatable bonds is 13. The lowest BCUT2D eigenvalue weighted by Gasteiger charge is -2.11. The van der Waals surface area contributed by atoms with E-state index in [1.54, 1.807) is 12.1 Å². The molecule has 0 aliphatic rings. The van der Waals surface area contributed by atoms with Crippen LogP contribution in [-0.4, -0.2) is 45.9 Å². The van der Waals surface area contributed by atoms with Gasteiger partial charge in [-0.2, -0.15) is 0 Å². The van der Waals surface area contributed by atoms with Crippen LogP contribution in [0.2, 0.25) is 0 Å². The van der Waals surface area contributed by atoms with Crippen LogP contribution in [0.15, 0.2) is 21.1 Å². The first-order chi connectivity index (χ1) is 11.2. The number of halogens is 3. The summed E-state index contributed by atoms with van der Waals surface area (Å²) in [5.74, 6) is 0.659. The van der Waals surface area contributed by atoms with Gasteiger partial charge < -0.3 is 18.7 Å². The lowest BCUT2D eigenvalue weighted by Crippen LogP contribution is -2.12. The van der Waals surface area contributed by atoms with Crippen LogP contribution < -0.4 is 4.74 Å². The number of hydrogen-bond donors (Lipinski definition) is 0. The summed E-state index contributed by atoms with van der Waals surface area (Å²) in [6.07, 6.45) is 1.69. The monoisotopic (exact) mass is 582 g/mol. The van der Waals surface area contributed by atoms with Crippen LogP contribution in [0.4, 0.5) is 0 Å². The molecule has 0 heterocycles. The minimum Gasteiger partial charge on any atom is -0.489 e. The van der Waals surface area contributed by atoms with Crippen LogP contribution in [0.1, 0.15) is 16.8 Å². The zero-order valence-corrected chi connectivity index (χ0v) is 18.7. The quantitative estimate of drug-likeness (QED) is 0.145. The Morgan fingerprint density at radius 2 is 1.61 bits per heavy atom. The molecular formula is C14H18Br2IO5P. The number of ether oxygens (including phenoxy) is 3. The van der Waals surface area contributed by atoms with E-state index in [-0.39, 0.29) is 0 Å². The molecule has 5 nitrogen and oxygen atoms in total. The Balaban J connectivity index is 2.08. The largest absolute Gasteiger partial charge is 0.489 e. The smallest absolute Gasteiger partial charge is 0.150 e. The third-order valence-corrected chi connectivity index (χ3v) is 5.02. The molecule has 0 N–H and O–H groups in total. The highest BCUT2D eigenvalue weighted by Crippen LogP contribution is 2.34. The maximum Gasteiger partial charge on any atom is 0.150 e. The second kappa shape index (κ2) is 13.9. The number of aldehydes is 1. The Kier molecular flexibility index (Phi) is 13.2. The second-order valence-electron chi connectivity index (χ2n) is 4.28. The molecule has 0 amide bonds. The van der Waals surface area contributed by atoms with Crippen LogP contribution in [0, 0.1) is 0 Å². The zero-order valence-electron chi connectivity index (χ0n) is 12.4. The van der Waals surface area contributed by atoms with E-state index in [1.807, 2.05) is 0 Å². The minimum absolute atomic E-state index is 0.419. The highest BCUT2D eigenvalue weighted by atomic mass is 127. The summed E-state index contributed by atoms with van der Waals surface area (Å²) in [5, 5.41) is 0. The number of benzene rings is 1. The maximum absolute atomic E-state index is 10.8. The summed E-state index contributed by atoms with van der Waals surface area (Å²) in [5.41, 5.74) is 0.578. The third kappa shape index (κ3) is 9.67. The molecule has 1 aromatic carbocycles. The van der Waals surface area contributed by atoms with Gasteiger partial charge in [0.15, 0.2) is 0 Å². The van der Waals surface area contributed by atoms with Gasteiger partial charge in [-0.15, -0.1) is 0 Å². The van der Waals surface area contributed by atoms with Gasteiger partial charge in [0.2, 0.25) is 0 Å². The van der Waals surface area contributed by atoms with Crippen molar-refractivity contribution in [2.75, 3.05) is 39.6 Å². The Labute approximate surface area is 167 Å². The molecule has 23 heavy (non-hydrogen) atoms. The van der Waals surface area contributed by atoms with Gasteiger partial charge in [-0.1, -0.05) is 0 Å². The van der Waals surface area contributed by atoms with Crippen molar-refractivity contribution in [3.63, 3.8) is 0 Å². The molecule has 0 saturated carbocycles. The van der Waals surface area contributed by atoms with Crippen molar-refractivity contribution in [1.82, 2.24) is 0 Å². The zero-order chi connectivity index (χ0) is 16.9. The van der Waals surface area contributed by atoms with Crippen LogP contribution in [0.3, 0.4) is 0 Å². The lowest BCUT2D eigenvalue weighted by molar-refractivity contribution is 0.0334. The van der Waals surface area contributed by atoms with E-state index >= 15 is 0 Å². The van der Waals surface area contributed by atoms with E-state index in [0.29, 0.717) is 50.8 Å². The molecule has 9 heteroatoms. The molecule has 0 spiro atoms. The lowest BCUT2D eigenvalue weighted by atomic mass is 10.2. The molecule has 0 aliphatic heterocycles. The van der Waals surface area contributed by atoms with Crippen LogP contribution in [-0.2, 0) is 14.0 Å². The average molecular weight is 584 g/mol. The summed E-state index contributed by atoms with van der Waals surface area (Å²) in [6, 6.07) is 3.42. The number of carbonyl (C=O) groups excluding carboxylic acids is 1. The standard InChI is InChI=1S/C14H18Br2IO5P/c15-12-8-11(10-18)9-13(16)14(12)21-7-6-20-5-4-19-2-1-3-22-23-17/h8-10,23H,1-7H2. The van der Waals surface area contributed by atoms with Crippen LogP contribution in [0.5, 0.6) is 5.75 Å². The summed E-state index contributed by atoms with van der Waals surface area (Å²) in [4.78, 5) is 10.8. The molecule has 0 radical (unpaired) electrons. The molecule has 0 saturated heterocycles. The minimum atomic E-state index is 0.419. The molecule has 0 fully saturated rings. The van der Waals surface area contributed by atoms with Crippen LogP contribution in [0.25, 0.3) is 0 Å². The van der Waals surface area contributed by atoms with E-state index in [0.717, 1.165) is 28.3 Å². The molecule has 1 atom stereocenters. The summed E-state index contributed by atoms with van der Waals surface area (Å²) in [6.45, 7) is 3.91.